The first kappa shape index (κ1) is 16.7. The second kappa shape index (κ2) is 6.85. The first-order valence-corrected chi connectivity index (χ1v) is 8.10. The third kappa shape index (κ3) is 4.31. The van der Waals surface area contributed by atoms with Crippen molar-refractivity contribution in [2.24, 2.45) is 5.92 Å². The number of carboxylic acids is 1. The summed E-state index contributed by atoms with van der Waals surface area (Å²) >= 11 is 0. The maximum absolute atomic E-state index is 12.1. The Hall–Kier alpha value is -1.40. The predicted molar refractivity (Wildman–Crippen MR) is 77.0 cm³/mol. The molecular weight excluding hydrogens is 278 g/mol. The van der Waals surface area contributed by atoms with Gasteiger partial charge in [-0.05, 0) is 30.0 Å². The molecule has 112 valence electrons. The number of aliphatic carboxylic acids is 1. The molecule has 0 bridgehead atoms. The van der Waals surface area contributed by atoms with E-state index >= 15 is 0 Å². The van der Waals surface area contributed by atoms with Crippen molar-refractivity contribution in [1.29, 1.82) is 0 Å². The Balaban J connectivity index is 2.95. The Labute approximate surface area is 120 Å². The van der Waals surface area contributed by atoms with Crippen LogP contribution in [0.4, 0.5) is 0 Å². The average molecular weight is 299 g/mol. The van der Waals surface area contributed by atoms with Crippen LogP contribution in [0.2, 0.25) is 0 Å². The van der Waals surface area contributed by atoms with Gasteiger partial charge in [-0.2, -0.15) is 4.72 Å². The summed E-state index contributed by atoms with van der Waals surface area (Å²) in [6.45, 7) is 5.36. The fraction of sp³-hybridized carbons (Fsp3) is 0.500. The van der Waals surface area contributed by atoms with Crippen LogP contribution in [0.1, 0.15) is 32.8 Å². The van der Waals surface area contributed by atoms with Crippen LogP contribution in [0.5, 0.6) is 0 Å². The molecule has 0 radical (unpaired) electrons. The van der Waals surface area contributed by atoms with Crippen molar-refractivity contribution in [2.45, 2.75) is 44.6 Å². The maximum Gasteiger partial charge on any atom is 0.322 e. The number of carboxylic acid groups (broad SMARTS) is 1. The second-order valence-corrected chi connectivity index (χ2v) is 6.79. The van der Waals surface area contributed by atoms with E-state index in [1.165, 1.54) is 12.1 Å². The van der Waals surface area contributed by atoms with Crippen molar-refractivity contribution >= 4 is 16.0 Å². The van der Waals surface area contributed by atoms with E-state index in [1.54, 1.807) is 26.0 Å². The number of aryl methyl sites for hydroxylation is 1. The molecule has 5 nitrogen and oxygen atoms in total. The first-order chi connectivity index (χ1) is 9.27. The van der Waals surface area contributed by atoms with E-state index in [0.717, 1.165) is 18.4 Å². The molecule has 0 spiro atoms. The topological polar surface area (TPSA) is 83.5 Å². The molecule has 0 amide bonds. The summed E-state index contributed by atoms with van der Waals surface area (Å²) in [5, 5.41) is 9.04. The van der Waals surface area contributed by atoms with Gasteiger partial charge in [-0.25, -0.2) is 8.42 Å². The van der Waals surface area contributed by atoms with Gasteiger partial charge in [0, 0.05) is 0 Å². The Kier molecular flexibility index (Phi) is 5.71. The summed E-state index contributed by atoms with van der Waals surface area (Å²) in [5.74, 6) is -1.51. The zero-order valence-corrected chi connectivity index (χ0v) is 12.8. The number of sulfonamides is 1. The molecule has 1 aromatic rings. The van der Waals surface area contributed by atoms with Crippen LogP contribution in [0.25, 0.3) is 0 Å². The lowest BCUT2D eigenvalue weighted by Crippen LogP contribution is -2.44. The summed E-state index contributed by atoms with van der Waals surface area (Å²) < 4.78 is 26.5. The van der Waals surface area contributed by atoms with Crippen LogP contribution in [-0.4, -0.2) is 25.5 Å². The van der Waals surface area contributed by atoms with Crippen molar-refractivity contribution in [3.05, 3.63) is 29.8 Å². The van der Waals surface area contributed by atoms with Crippen LogP contribution >= 0.6 is 0 Å². The third-order valence-electron chi connectivity index (χ3n) is 2.99. The van der Waals surface area contributed by atoms with Crippen LogP contribution in [0.3, 0.4) is 0 Å². The lowest BCUT2D eigenvalue weighted by atomic mass is 10.1. The van der Waals surface area contributed by atoms with Gasteiger partial charge in [0.25, 0.3) is 0 Å². The van der Waals surface area contributed by atoms with Crippen molar-refractivity contribution in [1.82, 2.24) is 4.72 Å². The molecule has 1 atom stereocenters. The zero-order valence-electron chi connectivity index (χ0n) is 12.0. The minimum atomic E-state index is -3.81. The van der Waals surface area contributed by atoms with Crippen molar-refractivity contribution in [2.75, 3.05) is 0 Å². The molecule has 0 saturated heterocycles. The number of benzene rings is 1. The van der Waals surface area contributed by atoms with Crippen molar-refractivity contribution in [3.8, 4) is 0 Å². The molecule has 0 aliphatic rings. The average Bonchev–Trinajstić information content (AvgIpc) is 2.36. The van der Waals surface area contributed by atoms with Gasteiger partial charge in [0.05, 0.1) is 4.90 Å². The van der Waals surface area contributed by atoms with Gasteiger partial charge in [-0.3, -0.25) is 4.79 Å². The Bertz CT molecular complexity index is 549. The molecular formula is C14H21NO4S. The minimum Gasteiger partial charge on any atom is -0.480 e. The van der Waals surface area contributed by atoms with Gasteiger partial charge in [0.15, 0.2) is 0 Å². The van der Waals surface area contributed by atoms with E-state index in [4.69, 9.17) is 5.11 Å². The van der Waals surface area contributed by atoms with Gasteiger partial charge in [-0.15, -0.1) is 0 Å². The molecule has 0 fully saturated rings. The van der Waals surface area contributed by atoms with Gasteiger partial charge in [0.1, 0.15) is 6.04 Å². The lowest BCUT2D eigenvalue weighted by molar-refractivity contribution is -0.140. The highest BCUT2D eigenvalue weighted by atomic mass is 32.2. The first-order valence-electron chi connectivity index (χ1n) is 6.62. The number of carbonyl (C=O) groups is 1. The molecule has 2 N–H and O–H groups in total. The molecule has 6 heteroatoms. The van der Waals surface area contributed by atoms with Crippen molar-refractivity contribution < 1.29 is 18.3 Å². The standard InChI is InChI=1S/C14H21NO4S/c1-4-5-11-6-8-12(9-7-11)20(18,19)15-13(10(2)3)14(16)17/h6-10,13,15H,4-5H2,1-3H3,(H,16,17)/t13-/m1/s1. The fourth-order valence-electron chi connectivity index (χ4n) is 1.83. The molecule has 0 aliphatic carbocycles. The molecule has 0 aromatic heterocycles. The van der Waals surface area contributed by atoms with E-state index in [9.17, 15) is 13.2 Å². The molecule has 0 aliphatic heterocycles. The van der Waals surface area contributed by atoms with E-state index in [2.05, 4.69) is 4.72 Å². The van der Waals surface area contributed by atoms with Gasteiger partial charge >= 0.3 is 5.97 Å². The highest BCUT2D eigenvalue weighted by Crippen LogP contribution is 2.14. The van der Waals surface area contributed by atoms with E-state index in [-0.39, 0.29) is 10.8 Å². The van der Waals surface area contributed by atoms with Crippen molar-refractivity contribution in [3.63, 3.8) is 0 Å². The molecule has 0 unspecified atom stereocenters. The number of rotatable bonds is 7. The molecule has 0 saturated carbocycles. The number of nitrogens with one attached hydrogen (secondary N) is 1. The largest absolute Gasteiger partial charge is 0.480 e. The molecule has 1 aromatic carbocycles. The van der Waals surface area contributed by atoms with Crippen LogP contribution < -0.4 is 4.72 Å². The maximum atomic E-state index is 12.1. The van der Waals surface area contributed by atoms with Gasteiger partial charge in [-0.1, -0.05) is 39.3 Å². The minimum absolute atomic E-state index is 0.0873. The summed E-state index contributed by atoms with van der Waals surface area (Å²) in [6, 6.07) is 5.39. The third-order valence-corrected chi connectivity index (χ3v) is 4.44. The fourth-order valence-corrected chi connectivity index (χ4v) is 3.17. The van der Waals surface area contributed by atoms with E-state index < -0.39 is 22.0 Å². The number of hydrogen-bond donors (Lipinski definition) is 2. The Morgan fingerprint density at radius 1 is 1.25 bits per heavy atom. The monoisotopic (exact) mass is 299 g/mol. The van der Waals surface area contributed by atoms with Crippen LogP contribution in [-0.2, 0) is 21.2 Å². The normalized spacial score (nSPS) is 13.4. The Morgan fingerprint density at radius 2 is 1.80 bits per heavy atom. The summed E-state index contributed by atoms with van der Waals surface area (Å²) in [7, 11) is -3.81. The summed E-state index contributed by atoms with van der Waals surface area (Å²) in [4.78, 5) is 11.1. The highest BCUT2D eigenvalue weighted by Gasteiger charge is 2.27. The summed E-state index contributed by atoms with van der Waals surface area (Å²) in [6.07, 6.45) is 1.87. The van der Waals surface area contributed by atoms with Crippen LogP contribution in [0, 0.1) is 5.92 Å². The lowest BCUT2D eigenvalue weighted by Gasteiger charge is -2.18. The van der Waals surface area contributed by atoms with Gasteiger partial charge < -0.3 is 5.11 Å². The SMILES string of the molecule is CCCc1ccc(S(=O)(=O)N[C@@H](C(=O)O)C(C)C)cc1. The van der Waals surface area contributed by atoms with E-state index in [0.29, 0.717) is 0 Å². The smallest absolute Gasteiger partial charge is 0.322 e. The van der Waals surface area contributed by atoms with E-state index in [1.807, 2.05) is 6.92 Å². The quantitative estimate of drug-likeness (QED) is 0.807. The Morgan fingerprint density at radius 3 is 2.20 bits per heavy atom. The summed E-state index contributed by atoms with van der Waals surface area (Å²) in [5.41, 5.74) is 1.06. The molecule has 1 rings (SSSR count). The predicted octanol–water partition coefficient (Wildman–Crippen LogP) is 2.03. The van der Waals surface area contributed by atoms with Gasteiger partial charge in [0.2, 0.25) is 10.0 Å². The molecule has 20 heavy (non-hydrogen) atoms. The molecule has 0 heterocycles. The second-order valence-electron chi connectivity index (χ2n) is 5.08. The number of hydrogen-bond acceptors (Lipinski definition) is 3. The zero-order chi connectivity index (χ0) is 15.3. The van der Waals surface area contributed by atoms with Crippen LogP contribution in [0.15, 0.2) is 29.2 Å². The highest BCUT2D eigenvalue weighted by molar-refractivity contribution is 7.89.